The normalized spacial score (nSPS) is 19.5. The number of hydrogen-bond acceptors (Lipinski definition) is 6. The van der Waals surface area contributed by atoms with Gasteiger partial charge in [-0.1, -0.05) is 6.07 Å². The molecule has 8 nitrogen and oxygen atoms in total. The SMILES string of the molecule is O=c1n(CN2CCN(c3cccc4c3OCCO4)CC2)c(O)c2n1CCCC2. The van der Waals surface area contributed by atoms with Crippen molar-refractivity contribution in [2.24, 2.45) is 0 Å². The highest BCUT2D eigenvalue weighted by Gasteiger charge is 2.26. The van der Waals surface area contributed by atoms with Gasteiger partial charge in [-0.25, -0.2) is 9.36 Å². The number of benzene rings is 1. The van der Waals surface area contributed by atoms with Gasteiger partial charge in [0.25, 0.3) is 0 Å². The van der Waals surface area contributed by atoms with Crippen LogP contribution in [-0.2, 0) is 19.6 Å². The second kappa shape index (κ2) is 7.09. The van der Waals surface area contributed by atoms with Gasteiger partial charge in [-0.3, -0.25) is 9.47 Å². The Morgan fingerprint density at radius 3 is 2.64 bits per heavy atom. The molecule has 150 valence electrons. The lowest BCUT2D eigenvalue weighted by atomic mass is 10.1. The summed E-state index contributed by atoms with van der Waals surface area (Å²) in [6, 6.07) is 6.01. The largest absolute Gasteiger partial charge is 0.493 e. The van der Waals surface area contributed by atoms with Crippen molar-refractivity contribution in [3.8, 4) is 17.4 Å². The van der Waals surface area contributed by atoms with Gasteiger partial charge in [-0.05, 0) is 31.4 Å². The second-order valence-electron chi connectivity index (χ2n) is 7.64. The number of imidazole rings is 1. The van der Waals surface area contributed by atoms with Crippen molar-refractivity contribution in [2.75, 3.05) is 44.3 Å². The monoisotopic (exact) mass is 386 g/mol. The fourth-order valence-corrected chi connectivity index (χ4v) is 4.43. The van der Waals surface area contributed by atoms with Crippen molar-refractivity contribution in [1.29, 1.82) is 0 Å². The van der Waals surface area contributed by atoms with Crippen LogP contribution in [0.2, 0.25) is 0 Å². The summed E-state index contributed by atoms with van der Waals surface area (Å²) < 4.78 is 14.8. The molecule has 0 bridgehead atoms. The number of hydrogen-bond donors (Lipinski definition) is 1. The summed E-state index contributed by atoms with van der Waals surface area (Å²) in [5.41, 5.74) is 1.77. The van der Waals surface area contributed by atoms with Crippen molar-refractivity contribution < 1.29 is 14.6 Å². The number of aromatic nitrogens is 2. The summed E-state index contributed by atoms with van der Waals surface area (Å²) in [4.78, 5) is 17.2. The van der Waals surface area contributed by atoms with Crippen LogP contribution in [-0.4, -0.2) is 58.5 Å². The Kier molecular flexibility index (Phi) is 4.43. The third-order valence-corrected chi connectivity index (χ3v) is 5.95. The van der Waals surface area contributed by atoms with E-state index in [1.165, 1.54) is 4.57 Å². The van der Waals surface area contributed by atoms with Crippen LogP contribution in [0.3, 0.4) is 0 Å². The average Bonchev–Trinajstić information content (AvgIpc) is 2.99. The third-order valence-electron chi connectivity index (χ3n) is 5.95. The minimum Gasteiger partial charge on any atom is -0.493 e. The maximum Gasteiger partial charge on any atom is 0.332 e. The van der Waals surface area contributed by atoms with E-state index in [4.69, 9.17) is 9.47 Å². The lowest BCUT2D eigenvalue weighted by Crippen LogP contribution is -2.48. The zero-order valence-corrected chi connectivity index (χ0v) is 16.0. The first-order chi connectivity index (χ1) is 13.7. The van der Waals surface area contributed by atoms with Crippen molar-refractivity contribution in [1.82, 2.24) is 14.0 Å². The van der Waals surface area contributed by atoms with Crippen molar-refractivity contribution in [2.45, 2.75) is 32.5 Å². The first kappa shape index (κ1) is 17.5. The van der Waals surface area contributed by atoms with Gasteiger partial charge in [-0.15, -0.1) is 0 Å². The Balaban J connectivity index is 1.29. The van der Waals surface area contributed by atoms with Crippen molar-refractivity contribution in [3.63, 3.8) is 0 Å². The quantitative estimate of drug-likeness (QED) is 0.856. The van der Waals surface area contributed by atoms with Crippen LogP contribution in [0.5, 0.6) is 17.4 Å². The molecule has 0 amide bonds. The summed E-state index contributed by atoms with van der Waals surface area (Å²) in [7, 11) is 0. The minimum absolute atomic E-state index is 0.0858. The summed E-state index contributed by atoms with van der Waals surface area (Å²) in [5, 5.41) is 10.5. The fraction of sp³-hybridized carbons (Fsp3) is 0.550. The lowest BCUT2D eigenvalue weighted by Gasteiger charge is -2.37. The molecule has 1 aromatic heterocycles. The molecular formula is C20H26N4O4. The molecule has 0 spiro atoms. The van der Waals surface area contributed by atoms with Crippen LogP contribution in [0.1, 0.15) is 18.5 Å². The van der Waals surface area contributed by atoms with E-state index in [0.29, 0.717) is 26.4 Å². The molecule has 3 aliphatic heterocycles. The maximum atomic E-state index is 12.7. The Morgan fingerprint density at radius 1 is 1.00 bits per heavy atom. The molecule has 8 heteroatoms. The van der Waals surface area contributed by atoms with Gasteiger partial charge in [0.15, 0.2) is 11.5 Å². The number of nitrogens with zero attached hydrogens (tertiary/aromatic N) is 4. The number of ether oxygens (including phenoxy) is 2. The number of rotatable bonds is 3. The molecule has 1 aromatic carbocycles. The van der Waals surface area contributed by atoms with Gasteiger partial charge >= 0.3 is 5.69 Å². The molecule has 0 saturated carbocycles. The fourth-order valence-electron chi connectivity index (χ4n) is 4.43. The third kappa shape index (κ3) is 2.92. The molecule has 0 atom stereocenters. The standard InChI is InChI=1S/C20H26N4O4/c25-19-16-4-1-2-7-23(16)20(26)24(19)14-21-8-10-22(11-9-21)15-5-3-6-17-18(15)28-13-12-27-17/h3,5-6,25H,1-2,4,7-14H2. The molecular weight excluding hydrogens is 360 g/mol. The topological polar surface area (TPSA) is 72.1 Å². The number of para-hydroxylation sites is 1. The molecule has 3 aliphatic rings. The van der Waals surface area contributed by atoms with Crippen LogP contribution in [0.4, 0.5) is 5.69 Å². The van der Waals surface area contributed by atoms with Crippen LogP contribution >= 0.6 is 0 Å². The van der Waals surface area contributed by atoms with Crippen molar-refractivity contribution in [3.05, 3.63) is 34.4 Å². The van der Waals surface area contributed by atoms with Crippen molar-refractivity contribution >= 4 is 5.69 Å². The van der Waals surface area contributed by atoms with Gasteiger partial charge in [0.05, 0.1) is 18.1 Å². The van der Waals surface area contributed by atoms with E-state index in [1.807, 2.05) is 12.1 Å². The van der Waals surface area contributed by atoms with E-state index in [2.05, 4.69) is 15.9 Å². The number of piperazine rings is 1. The Bertz CT molecular complexity index is 927. The zero-order chi connectivity index (χ0) is 19.1. The van der Waals surface area contributed by atoms with Gasteiger partial charge in [0, 0.05) is 32.7 Å². The highest BCUT2D eigenvalue weighted by atomic mass is 16.6. The van der Waals surface area contributed by atoms with Gasteiger partial charge in [0.2, 0.25) is 5.88 Å². The number of aromatic hydroxyl groups is 1. The van der Waals surface area contributed by atoms with E-state index in [-0.39, 0.29) is 11.6 Å². The lowest BCUT2D eigenvalue weighted by molar-refractivity contribution is 0.170. The predicted octanol–water partition coefficient (Wildman–Crippen LogP) is 1.24. The van der Waals surface area contributed by atoms with E-state index in [0.717, 1.165) is 68.3 Å². The molecule has 4 heterocycles. The van der Waals surface area contributed by atoms with E-state index in [1.54, 1.807) is 4.57 Å². The van der Waals surface area contributed by atoms with Crippen LogP contribution in [0, 0.1) is 0 Å². The van der Waals surface area contributed by atoms with E-state index in [9.17, 15) is 9.90 Å². The molecule has 1 saturated heterocycles. The molecule has 1 fully saturated rings. The molecule has 0 radical (unpaired) electrons. The number of fused-ring (bicyclic) bond motifs is 2. The van der Waals surface area contributed by atoms with Crippen LogP contribution in [0.25, 0.3) is 0 Å². The zero-order valence-electron chi connectivity index (χ0n) is 16.0. The van der Waals surface area contributed by atoms with Gasteiger partial charge in [-0.2, -0.15) is 0 Å². The highest BCUT2D eigenvalue weighted by Crippen LogP contribution is 2.39. The molecule has 5 rings (SSSR count). The van der Waals surface area contributed by atoms with Gasteiger partial charge < -0.3 is 19.5 Å². The first-order valence-electron chi connectivity index (χ1n) is 10.1. The smallest absolute Gasteiger partial charge is 0.332 e. The molecule has 2 aromatic rings. The average molecular weight is 386 g/mol. The molecule has 0 unspecified atom stereocenters. The summed E-state index contributed by atoms with van der Waals surface area (Å²) >= 11 is 0. The molecule has 28 heavy (non-hydrogen) atoms. The predicted molar refractivity (Wildman–Crippen MR) is 105 cm³/mol. The number of anilines is 1. The Hall–Kier alpha value is -2.61. The first-order valence-corrected chi connectivity index (χ1v) is 10.1. The van der Waals surface area contributed by atoms with Gasteiger partial charge in [0.1, 0.15) is 13.2 Å². The summed E-state index contributed by atoms with van der Waals surface area (Å²) in [6.45, 7) is 5.62. The van der Waals surface area contributed by atoms with E-state index < -0.39 is 0 Å². The Morgan fingerprint density at radius 2 is 1.82 bits per heavy atom. The summed E-state index contributed by atoms with van der Waals surface area (Å²) in [5.74, 6) is 1.79. The highest BCUT2D eigenvalue weighted by molar-refractivity contribution is 5.65. The summed E-state index contributed by atoms with van der Waals surface area (Å²) in [6.07, 6.45) is 2.81. The maximum absolute atomic E-state index is 12.7. The molecule has 1 N–H and O–H groups in total. The van der Waals surface area contributed by atoms with Crippen LogP contribution < -0.4 is 20.1 Å². The molecule has 0 aliphatic carbocycles. The Labute approximate surface area is 163 Å². The van der Waals surface area contributed by atoms with Crippen LogP contribution in [0.15, 0.2) is 23.0 Å². The van der Waals surface area contributed by atoms with E-state index >= 15 is 0 Å². The second-order valence-corrected chi connectivity index (χ2v) is 7.64. The minimum atomic E-state index is -0.0858.